The van der Waals surface area contributed by atoms with Gasteiger partial charge in [-0.3, -0.25) is 9.59 Å². The number of carbonyl (C=O) groups is 2. The Bertz CT molecular complexity index is 920. The van der Waals surface area contributed by atoms with Gasteiger partial charge in [-0.1, -0.05) is 48.5 Å². The number of carbonyl (C=O) groups excluding carboxylic acids is 2. The molecule has 3 aromatic rings. The molecule has 146 valence electrons. The Kier molecular flexibility index (Phi) is 6.81. The van der Waals surface area contributed by atoms with Gasteiger partial charge in [0.05, 0.1) is 0 Å². The first-order chi connectivity index (χ1) is 13.7. The fourth-order valence-electron chi connectivity index (χ4n) is 3.17. The number of fused-ring (bicyclic) bond motifs is 1. The van der Waals surface area contributed by atoms with Crippen LogP contribution in [0.2, 0.25) is 0 Å². The first kappa shape index (κ1) is 19.6. The van der Waals surface area contributed by atoms with Crippen LogP contribution in [0.25, 0.3) is 10.9 Å². The average molecular weight is 378 g/mol. The molecule has 3 rings (SSSR count). The van der Waals surface area contributed by atoms with E-state index in [1.807, 2.05) is 60.8 Å². The minimum absolute atomic E-state index is 0.162. The van der Waals surface area contributed by atoms with Crippen molar-refractivity contribution in [3.05, 3.63) is 71.9 Å². The van der Waals surface area contributed by atoms with E-state index in [0.29, 0.717) is 32.4 Å². The maximum atomic E-state index is 12.8. The molecule has 28 heavy (non-hydrogen) atoms. The molecule has 2 aromatic carbocycles. The van der Waals surface area contributed by atoms with Gasteiger partial charge in [-0.05, 0) is 30.2 Å². The Labute approximate surface area is 164 Å². The van der Waals surface area contributed by atoms with E-state index in [-0.39, 0.29) is 11.8 Å². The fourth-order valence-corrected chi connectivity index (χ4v) is 3.17. The van der Waals surface area contributed by atoms with Crippen molar-refractivity contribution in [1.29, 1.82) is 0 Å². The number of nitrogens with one attached hydrogen (secondary N) is 3. The molecule has 1 atom stereocenters. The summed E-state index contributed by atoms with van der Waals surface area (Å²) >= 11 is 0. The Morgan fingerprint density at radius 3 is 2.57 bits per heavy atom. The quantitative estimate of drug-likeness (QED) is 0.459. The predicted molar refractivity (Wildman–Crippen MR) is 111 cm³/mol. The van der Waals surface area contributed by atoms with Gasteiger partial charge in [0.25, 0.3) is 0 Å². The second-order valence-corrected chi connectivity index (χ2v) is 6.78. The molecule has 0 spiro atoms. The lowest BCUT2D eigenvalue weighted by atomic mass is 10.0. The molecule has 0 aliphatic heterocycles. The van der Waals surface area contributed by atoms with Gasteiger partial charge in [0.2, 0.25) is 11.8 Å². The van der Waals surface area contributed by atoms with Gasteiger partial charge in [-0.2, -0.15) is 0 Å². The van der Waals surface area contributed by atoms with Crippen LogP contribution in [-0.2, 0) is 22.6 Å². The number of H-pyrrole nitrogens is 1. The summed E-state index contributed by atoms with van der Waals surface area (Å²) in [6.07, 6.45) is 3.22. The maximum absolute atomic E-state index is 12.8. The van der Waals surface area contributed by atoms with E-state index in [1.165, 1.54) is 0 Å². The van der Waals surface area contributed by atoms with Gasteiger partial charge in [0.15, 0.2) is 0 Å². The van der Waals surface area contributed by atoms with Crippen LogP contribution in [-0.4, -0.2) is 29.4 Å². The summed E-state index contributed by atoms with van der Waals surface area (Å²) in [5, 5.41) is 6.86. The highest BCUT2D eigenvalue weighted by atomic mass is 16.2. The van der Waals surface area contributed by atoms with Crippen molar-refractivity contribution in [2.24, 2.45) is 5.73 Å². The van der Waals surface area contributed by atoms with Gasteiger partial charge in [-0.25, -0.2) is 0 Å². The second-order valence-electron chi connectivity index (χ2n) is 6.78. The Morgan fingerprint density at radius 1 is 1.04 bits per heavy atom. The lowest BCUT2D eigenvalue weighted by Crippen LogP contribution is -2.47. The van der Waals surface area contributed by atoms with Crippen LogP contribution < -0.4 is 16.4 Å². The van der Waals surface area contributed by atoms with Gasteiger partial charge in [0.1, 0.15) is 6.04 Å². The van der Waals surface area contributed by atoms with Crippen molar-refractivity contribution < 1.29 is 9.59 Å². The Morgan fingerprint density at radius 2 is 1.79 bits per heavy atom. The Balaban J connectivity index is 1.72. The molecule has 0 aliphatic rings. The van der Waals surface area contributed by atoms with E-state index < -0.39 is 6.04 Å². The number of nitrogens with two attached hydrogens (primary N) is 1. The summed E-state index contributed by atoms with van der Waals surface area (Å²) in [5.74, 6) is -0.361. The van der Waals surface area contributed by atoms with Gasteiger partial charge < -0.3 is 21.4 Å². The lowest BCUT2D eigenvalue weighted by molar-refractivity contribution is -0.129. The van der Waals surface area contributed by atoms with Crippen LogP contribution in [0.3, 0.4) is 0 Å². The number of amides is 2. The van der Waals surface area contributed by atoms with Crippen LogP contribution >= 0.6 is 0 Å². The van der Waals surface area contributed by atoms with Crippen molar-refractivity contribution in [3.63, 3.8) is 0 Å². The highest BCUT2D eigenvalue weighted by Gasteiger charge is 2.22. The number of hydrogen-bond donors (Lipinski definition) is 4. The van der Waals surface area contributed by atoms with E-state index in [4.69, 9.17) is 5.73 Å². The van der Waals surface area contributed by atoms with E-state index in [0.717, 1.165) is 22.0 Å². The molecule has 2 amide bonds. The van der Waals surface area contributed by atoms with Crippen LogP contribution in [0, 0.1) is 0 Å². The molecule has 1 heterocycles. The standard InChI is InChI=1S/C22H26N4O2/c23-12-6-11-21(27)26-20(22(28)25-14-16-7-2-1-3-8-16)13-17-15-24-19-10-5-4-9-18(17)19/h1-5,7-10,15,20,24H,6,11-14,23H2,(H,25,28)(H,26,27). The zero-order valence-electron chi connectivity index (χ0n) is 15.8. The summed E-state index contributed by atoms with van der Waals surface area (Å²) in [6, 6.07) is 17.0. The van der Waals surface area contributed by atoms with Crippen LogP contribution in [0.1, 0.15) is 24.0 Å². The van der Waals surface area contributed by atoms with Crippen LogP contribution in [0.15, 0.2) is 60.8 Å². The van der Waals surface area contributed by atoms with Crippen molar-refractivity contribution >= 4 is 22.7 Å². The number of aromatic amines is 1. The lowest BCUT2D eigenvalue weighted by Gasteiger charge is -2.18. The molecule has 0 aliphatic carbocycles. The molecular formula is C22H26N4O2. The van der Waals surface area contributed by atoms with Crippen molar-refractivity contribution in [1.82, 2.24) is 15.6 Å². The maximum Gasteiger partial charge on any atom is 0.243 e. The SMILES string of the molecule is NCCCC(=O)NC(Cc1c[nH]c2ccccc12)C(=O)NCc1ccccc1. The molecule has 5 N–H and O–H groups in total. The number of benzene rings is 2. The highest BCUT2D eigenvalue weighted by Crippen LogP contribution is 2.19. The first-order valence-electron chi connectivity index (χ1n) is 9.53. The summed E-state index contributed by atoms with van der Waals surface area (Å²) in [5.41, 5.74) is 8.50. The Hall–Kier alpha value is -3.12. The normalized spacial score (nSPS) is 11.9. The third-order valence-corrected chi connectivity index (χ3v) is 4.67. The van der Waals surface area contributed by atoms with Gasteiger partial charge >= 0.3 is 0 Å². The number of rotatable bonds is 9. The number of para-hydroxylation sites is 1. The molecule has 1 unspecified atom stereocenters. The van der Waals surface area contributed by atoms with Crippen LogP contribution in [0.5, 0.6) is 0 Å². The van der Waals surface area contributed by atoms with Crippen molar-refractivity contribution in [2.45, 2.75) is 31.8 Å². The fraction of sp³-hybridized carbons (Fsp3) is 0.273. The molecule has 1 aromatic heterocycles. The van der Waals surface area contributed by atoms with E-state index in [9.17, 15) is 9.59 Å². The largest absolute Gasteiger partial charge is 0.361 e. The zero-order valence-corrected chi connectivity index (χ0v) is 15.8. The summed E-state index contributed by atoms with van der Waals surface area (Å²) in [7, 11) is 0. The summed E-state index contributed by atoms with van der Waals surface area (Å²) < 4.78 is 0. The molecule has 0 saturated carbocycles. The van der Waals surface area contributed by atoms with Gasteiger partial charge in [0, 0.05) is 36.5 Å². The molecular weight excluding hydrogens is 352 g/mol. The minimum atomic E-state index is -0.645. The van der Waals surface area contributed by atoms with Crippen molar-refractivity contribution in [3.8, 4) is 0 Å². The number of aromatic nitrogens is 1. The third kappa shape index (κ3) is 5.20. The molecule has 0 saturated heterocycles. The van der Waals surface area contributed by atoms with E-state index in [2.05, 4.69) is 15.6 Å². The summed E-state index contributed by atoms with van der Waals surface area (Å²) in [6.45, 7) is 0.865. The summed E-state index contributed by atoms with van der Waals surface area (Å²) in [4.78, 5) is 28.3. The molecule has 0 fully saturated rings. The molecule has 6 heteroatoms. The van der Waals surface area contributed by atoms with Crippen molar-refractivity contribution in [2.75, 3.05) is 6.54 Å². The number of hydrogen-bond acceptors (Lipinski definition) is 3. The predicted octanol–water partition coefficient (Wildman–Crippen LogP) is 2.25. The van der Waals surface area contributed by atoms with E-state index >= 15 is 0 Å². The highest BCUT2D eigenvalue weighted by molar-refractivity contribution is 5.89. The minimum Gasteiger partial charge on any atom is -0.361 e. The average Bonchev–Trinajstić information content (AvgIpc) is 3.13. The zero-order chi connectivity index (χ0) is 19.8. The molecule has 0 bridgehead atoms. The van der Waals surface area contributed by atoms with E-state index in [1.54, 1.807) is 0 Å². The topological polar surface area (TPSA) is 100 Å². The van der Waals surface area contributed by atoms with Gasteiger partial charge in [-0.15, -0.1) is 0 Å². The third-order valence-electron chi connectivity index (χ3n) is 4.67. The monoisotopic (exact) mass is 378 g/mol. The van der Waals surface area contributed by atoms with Crippen LogP contribution in [0.4, 0.5) is 0 Å². The molecule has 6 nitrogen and oxygen atoms in total. The molecule has 0 radical (unpaired) electrons. The smallest absolute Gasteiger partial charge is 0.243 e. The second kappa shape index (κ2) is 9.71. The first-order valence-corrected chi connectivity index (χ1v) is 9.53.